The lowest BCUT2D eigenvalue weighted by molar-refractivity contribution is 0.465. The largest absolute Gasteiger partial charge is 0.377 e. The van der Waals surface area contributed by atoms with Crippen LogP contribution in [-0.2, 0) is 20.2 Å². The number of hydrogen-bond acceptors (Lipinski definition) is 5. The molecular weight excluding hydrogens is 388 g/mol. The maximum absolute atomic E-state index is 12.4. The molecule has 0 saturated carbocycles. The number of halogens is 1. The third-order valence-electron chi connectivity index (χ3n) is 3.39. The minimum absolute atomic E-state index is 0.142. The molecule has 0 radical (unpaired) electrons. The summed E-state index contributed by atoms with van der Waals surface area (Å²) in [5.41, 5.74) is 0. The zero-order valence-corrected chi connectivity index (χ0v) is 14.8. The predicted molar refractivity (Wildman–Crippen MR) is 93.0 cm³/mol. The molecular formula is C16H11ClO6S2. The fourth-order valence-electron chi connectivity index (χ4n) is 2.34. The molecule has 0 aliphatic rings. The van der Waals surface area contributed by atoms with Crippen LogP contribution in [0.4, 0.5) is 0 Å². The Morgan fingerprint density at radius 3 is 2.28 bits per heavy atom. The van der Waals surface area contributed by atoms with Crippen molar-refractivity contribution in [2.45, 2.75) is 9.79 Å². The van der Waals surface area contributed by atoms with E-state index in [1.54, 1.807) is 18.2 Å². The van der Waals surface area contributed by atoms with Crippen molar-refractivity contribution >= 4 is 42.6 Å². The Labute approximate surface area is 149 Å². The molecule has 0 atom stereocenters. The summed E-state index contributed by atoms with van der Waals surface area (Å²) in [5.74, 6) is -0.499. The fraction of sp³-hybridized carbons (Fsp3) is 0. The molecule has 3 rings (SSSR count). The zero-order valence-electron chi connectivity index (χ0n) is 12.5. The van der Waals surface area contributed by atoms with Gasteiger partial charge in [-0.1, -0.05) is 48.0 Å². The smallest absolute Gasteiger partial charge is 0.339 e. The molecule has 0 heterocycles. The quantitative estimate of drug-likeness (QED) is 0.533. The number of fused-ring (bicyclic) bond motifs is 1. The van der Waals surface area contributed by atoms with Gasteiger partial charge in [0, 0.05) is 10.4 Å². The number of hydrogen-bond donors (Lipinski definition) is 1. The molecule has 0 unspecified atom stereocenters. The van der Waals surface area contributed by atoms with Gasteiger partial charge < -0.3 is 4.18 Å². The highest BCUT2D eigenvalue weighted by Crippen LogP contribution is 2.34. The van der Waals surface area contributed by atoms with E-state index in [9.17, 15) is 21.4 Å². The molecule has 0 amide bonds. The van der Waals surface area contributed by atoms with Gasteiger partial charge in [0.05, 0.1) is 0 Å². The first-order chi connectivity index (χ1) is 11.7. The maximum Gasteiger partial charge on any atom is 0.339 e. The van der Waals surface area contributed by atoms with Crippen LogP contribution < -0.4 is 4.18 Å². The molecule has 1 N–H and O–H groups in total. The van der Waals surface area contributed by atoms with Crippen molar-refractivity contribution in [2.75, 3.05) is 0 Å². The molecule has 6 nitrogen and oxygen atoms in total. The standard InChI is InChI=1S/C16H11ClO6S2/c17-12-5-3-6-13(10-12)25(21,22)23-15-9-8-11-4-1-2-7-14(11)16(15)24(18,19)20/h1-10H,(H,18,19,20). The van der Waals surface area contributed by atoms with Gasteiger partial charge in [0.15, 0.2) is 5.75 Å². The SMILES string of the molecule is O=S(=O)(O)c1c(OS(=O)(=O)c2cccc(Cl)c2)ccc2ccccc12. The van der Waals surface area contributed by atoms with E-state index in [1.165, 1.54) is 42.5 Å². The van der Waals surface area contributed by atoms with E-state index in [-0.39, 0.29) is 15.3 Å². The first kappa shape index (κ1) is 17.7. The maximum atomic E-state index is 12.4. The molecule has 0 bridgehead atoms. The summed E-state index contributed by atoms with van der Waals surface area (Å²) in [6.07, 6.45) is 0. The molecule has 0 aromatic heterocycles. The predicted octanol–water partition coefficient (Wildman–Crippen LogP) is 3.51. The normalized spacial score (nSPS) is 12.2. The van der Waals surface area contributed by atoms with Gasteiger partial charge >= 0.3 is 10.1 Å². The van der Waals surface area contributed by atoms with Gasteiger partial charge in [-0.25, -0.2) is 0 Å². The number of rotatable bonds is 4. The van der Waals surface area contributed by atoms with E-state index in [4.69, 9.17) is 15.8 Å². The van der Waals surface area contributed by atoms with Crippen LogP contribution in [0.25, 0.3) is 10.8 Å². The molecule has 130 valence electrons. The van der Waals surface area contributed by atoms with Crippen molar-refractivity contribution in [2.24, 2.45) is 0 Å². The molecule has 0 fully saturated rings. The third kappa shape index (κ3) is 3.62. The summed E-state index contributed by atoms with van der Waals surface area (Å²) in [6, 6.07) is 14.3. The molecule has 3 aromatic rings. The highest BCUT2D eigenvalue weighted by Gasteiger charge is 2.25. The van der Waals surface area contributed by atoms with Crippen molar-refractivity contribution in [1.29, 1.82) is 0 Å². The Hall–Kier alpha value is -2.13. The van der Waals surface area contributed by atoms with Gasteiger partial charge in [-0.3, -0.25) is 4.55 Å². The van der Waals surface area contributed by atoms with Crippen LogP contribution in [-0.4, -0.2) is 21.4 Å². The molecule has 25 heavy (non-hydrogen) atoms. The lowest BCUT2D eigenvalue weighted by atomic mass is 10.1. The summed E-state index contributed by atoms with van der Waals surface area (Å²) in [5, 5.41) is 0.824. The van der Waals surface area contributed by atoms with E-state index in [1.807, 2.05) is 0 Å². The summed E-state index contributed by atoms with van der Waals surface area (Å²) in [7, 11) is -9.09. The summed E-state index contributed by atoms with van der Waals surface area (Å²) >= 11 is 5.78. The second-order valence-corrected chi connectivity index (χ2v) is 8.42. The lowest BCUT2D eigenvalue weighted by Gasteiger charge is -2.12. The van der Waals surface area contributed by atoms with Gasteiger partial charge in [0.2, 0.25) is 0 Å². The van der Waals surface area contributed by atoms with Crippen LogP contribution in [0.15, 0.2) is 70.5 Å². The average Bonchev–Trinajstić information content (AvgIpc) is 2.53. The van der Waals surface area contributed by atoms with Gasteiger partial charge in [-0.15, -0.1) is 0 Å². The summed E-state index contributed by atoms with van der Waals surface area (Å²) < 4.78 is 63.0. The lowest BCUT2D eigenvalue weighted by Crippen LogP contribution is -2.12. The number of benzene rings is 3. The molecule has 0 aliphatic carbocycles. The third-order valence-corrected chi connectivity index (χ3v) is 5.79. The molecule has 0 aliphatic heterocycles. The second kappa shape index (κ2) is 6.30. The topological polar surface area (TPSA) is 97.7 Å². The Morgan fingerprint density at radius 1 is 0.880 bits per heavy atom. The Morgan fingerprint density at radius 2 is 1.60 bits per heavy atom. The van der Waals surface area contributed by atoms with Crippen LogP contribution in [0.5, 0.6) is 5.75 Å². The first-order valence-corrected chi connectivity index (χ1v) is 10.1. The van der Waals surface area contributed by atoms with Crippen LogP contribution in [0.1, 0.15) is 0 Å². The Balaban J connectivity index is 2.20. The summed E-state index contributed by atoms with van der Waals surface area (Å²) in [6.45, 7) is 0. The van der Waals surface area contributed by atoms with E-state index in [0.717, 1.165) is 0 Å². The fourth-order valence-corrected chi connectivity index (χ4v) is 4.47. The van der Waals surface area contributed by atoms with Gasteiger partial charge in [0.1, 0.15) is 9.79 Å². The van der Waals surface area contributed by atoms with E-state index < -0.39 is 30.9 Å². The van der Waals surface area contributed by atoms with Crippen molar-refractivity contribution in [3.8, 4) is 5.75 Å². The minimum atomic E-state index is -4.74. The molecule has 3 aromatic carbocycles. The zero-order chi connectivity index (χ0) is 18.2. The second-order valence-electron chi connectivity index (χ2n) is 5.08. The van der Waals surface area contributed by atoms with Crippen molar-refractivity contribution in [1.82, 2.24) is 0 Å². The van der Waals surface area contributed by atoms with E-state index >= 15 is 0 Å². The van der Waals surface area contributed by atoms with Crippen LogP contribution in [0, 0.1) is 0 Å². The average molecular weight is 399 g/mol. The Kier molecular flexibility index (Phi) is 4.46. The van der Waals surface area contributed by atoms with Crippen LogP contribution >= 0.6 is 11.6 Å². The van der Waals surface area contributed by atoms with Gasteiger partial charge in [-0.2, -0.15) is 16.8 Å². The van der Waals surface area contributed by atoms with Gasteiger partial charge in [-0.05, 0) is 29.7 Å². The highest BCUT2D eigenvalue weighted by molar-refractivity contribution is 7.87. The van der Waals surface area contributed by atoms with Crippen molar-refractivity contribution in [3.63, 3.8) is 0 Å². The first-order valence-electron chi connectivity index (χ1n) is 6.88. The minimum Gasteiger partial charge on any atom is -0.377 e. The molecule has 0 spiro atoms. The van der Waals surface area contributed by atoms with Crippen molar-refractivity contribution in [3.05, 3.63) is 65.7 Å². The summed E-state index contributed by atoms with van der Waals surface area (Å²) in [4.78, 5) is -0.856. The molecule has 9 heteroatoms. The van der Waals surface area contributed by atoms with E-state index in [2.05, 4.69) is 0 Å². The Bertz CT molecular complexity index is 1170. The highest BCUT2D eigenvalue weighted by atomic mass is 35.5. The van der Waals surface area contributed by atoms with Crippen molar-refractivity contribution < 1.29 is 25.6 Å². The van der Waals surface area contributed by atoms with Crippen LogP contribution in [0.2, 0.25) is 5.02 Å². The van der Waals surface area contributed by atoms with Gasteiger partial charge in [0.25, 0.3) is 10.1 Å². The molecule has 0 saturated heterocycles. The van der Waals surface area contributed by atoms with Crippen LogP contribution in [0.3, 0.4) is 0 Å². The monoisotopic (exact) mass is 398 g/mol. The van der Waals surface area contributed by atoms with E-state index in [0.29, 0.717) is 5.39 Å².